The fraction of sp³-hybridized carbons (Fsp3) is 0.529. The molecule has 0 bridgehead atoms. The maximum absolute atomic E-state index is 12.2. The van der Waals surface area contributed by atoms with Crippen molar-refractivity contribution in [3.63, 3.8) is 0 Å². The van der Waals surface area contributed by atoms with Gasteiger partial charge in [-0.3, -0.25) is 14.5 Å². The molecule has 1 saturated heterocycles. The molecule has 1 aromatic carbocycles. The van der Waals surface area contributed by atoms with Gasteiger partial charge in [-0.2, -0.15) is 0 Å². The SMILES string of the molecule is CC(=O)CC1CCCCN1CC(=O)Nc1ccccc1C. The van der Waals surface area contributed by atoms with Crippen LogP contribution in [0.4, 0.5) is 5.69 Å². The molecule has 1 unspecified atom stereocenters. The number of carbonyl (C=O) groups is 2. The average Bonchev–Trinajstić information content (AvgIpc) is 2.43. The van der Waals surface area contributed by atoms with Crippen molar-refractivity contribution in [2.45, 2.75) is 45.6 Å². The van der Waals surface area contributed by atoms with Crippen LogP contribution < -0.4 is 5.32 Å². The minimum atomic E-state index is -0.000230. The molecule has 1 aromatic rings. The Kier molecular flexibility index (Phi) is 5.51. The number of ketones is 1. The maximum Gasteiger partial charge on any atom is 0.238 e. The molecule has 1 aliphatic heterocycles. The first-order valence-electron chi connectivity index (χ1n) is 7.65. The molecule has 4 heteroatoms. The van der Waals surface area contributed by atoms with Gasteiger partial charge >= 0.3 is 0 Å². The molecule has 4 nitrogen and oxygen atoms in total. The molecular formula is C17H24N2O2. The number of amides is 1. The standard InChI is InChI=1S/C17H24N2O2/c1-13-7-3-4-9-16(13)18-17(21)12-19-10-6-5-8-15(19)11-14(2)20/h3-4,7,9,15H,5-6,8,10-12H2,1-2H3,(H,18,21). The molecule has 0 radical (unpaired) electrons. The van der Waals surface area contributed by atoms with E-state index in [1.807, 2.05) is 31.2 Å². The lowest BCUT2D eigenvalue weighted by Gasteiger charge is -2.34. The molecule has 1 atom stereocenters. The van der Waals surface area contributed by atoms with Crippen molar-refractivity contribution in [2.24, 2.45) is 0 Å². The highest BCUT2D eigenvalue weighted by molar-refractivity contribution is 5.93. The summed E-state index contributed by atoms with van der Waals surface area (Å²) in [6.07, 6.45) is 3.81. The smallest absolute Gasteiger partial charge is 0.238 e. The lowest BCUT2D eigenvalue weighted by molar-refractivity contribution is -0.121. The Bertz CT molecular complexity index is 513. The number of carbonyl (C=O) groups excluding carboxylic acids is 2. The van der Waals surface area contributed by atoms with E-state index in [0.29, 0.717) is 13.0 Å². The number of likely N-dealkylation sites (tertiary alicyclic amines) is 1. The summed E-state index contributed by atoms with van der Waals surface area (Å²) in [5, 5.41) is 2.97. The highest BCUT2D eigenvalue weighted by Gasteiger charge is 2.25. The molecule has 0 aliphatic carbocycles. The number of benzene rings is 1. The first-order valence-corrected chi connectivity index (χ1v) is 7.65. The predicted octanol–water partition coefficient (Wildman–Crippen LogP) is 2.77. The third kappa shape index (κ3) is 4.67. The molecule has 1 aliphatic rings. The van der Waals surface area contributed by atoms with Crippen LogP contribution in [0.5, 0.6) is 0 Å². The number of anilines is 1. The first kappa shape index (κ1) is 15.7. The fourth-order valence-corrected chi connectivity index (χ4v) is 2.92. The summed E-state index contributed by atoms with van der Waals surface area (Å²) in [5.74, 6) is 0.200. The van der Waals surface area contributed by atoms with Crippen LogP contribution >= 0.6 is 0 Å². The second-order valence-electron chi connectivity index (χ2n) is 5.89. The summed E-state index contributed by atoms with van der Waals surface area (Å²) < 4.78 is 0. The molecule has 1 amide bonds. The normalized spacial score (nSPS) is 19.2. The van der Waals surface area contributed by atoms with Gasteiger partial charge in [0.1, 0.15) is 5.78 Å². The highest BCUT2D eigenvalue weighted by Crippen LogP contribution is 2.20. The number of Topliss-reactive ketones (excluding diaryl/α,β-unsaturated/α-hetero) is 1. The fourth-order valence-electron chi connectivity index (χ4n) is 2.92. The molecule has 114 valence electrons. The number of piperidine rings is 1. The summed E-state index contributed by atoms with van der Waals surface area (Å²) in [4.78, 5) is 25.7. The average molecular weight is 288 g/mol. The van der Waals surface area contributed by atoms with Crippen molar-refractivity contribution in [2.75, 3.05) is 18.4 Å². The number of aryl methyl sites for hydroxylation is 1. The van der Waals surface area contributed by atoms with Gasteiger partial charge in [-0.25, -0.2) is 0 Å². The van der Waals surface area contributed by atoms with Gasteiger partial charge in [-0.1, -0.05) is 24.6 Å². The molecule has 0 spiro atoms. The summed E-state index contributed by atoms with van der Waals surface area (Å²) in [6, 6.07) is 7.99. The third-order valence-corrected chi connectivity index (χ3v) is 4.04. The van der Waals surface area contributed by atoms with Crippen molar-refractivity contribution >= 4 is 17.4 Å². The number of hydrogen-bond acceptors (Lipinski definition) is 3. The monoisotopic (exact) mass is 288 g/mol. The van der Waals surface area contributed by atoms with Gasteiger partial charge in [0.05, 0.1) is 6.54 Å². The minimum Gasteiger partial charge on any atom is -0.325 e. The summed E-state index contributed by atoms with van der Waals surface area (Å²) in [5.41, 5.74) is 1.92. The zero-order valence-corrected chi connectivity index (χ0v) is 12.9. The third-order valence-electron chi connectivity index (χ3n) is 4.04. The first-order chi connectivity index (χ1) is 10.1. The Balaban J connectivity index is 1.94. The van der Waals surface area contributed by atoms with Crippen LogP contribution in [0.25, 0.3) is 0 Å². The Morgan fingerprint density at radius 1 is 1.29 bits per heavy atom. The van der Waals surface area contributed by atoms with Crippen LogP contribution in [0.1, 0.15) is 38.2 Å². The largest absolute Gasteiger partial charge is 0.325 e. The number of nitrogens with one attached hydrogen (secondary N) is 1. The molecule has 1 N–H and O–H groups in total. The van der Waals surface area contributed by atoms with E-state index in [0.717, 1.165) is 37.1 Å². The Morgan fingerprint density at radius 2 is 2.05 bits per heavy atom. The summed E-state index contributed by atoms with van der Waals surface area (Å²) in [7, 11) is 0. The van der Waals surface area contributed by atoms with Crippen LogP contribution in [0.15, 0.2) is 24.3 Å². The highest BCUT2D eigenvalue weighted by atomic mass is 16.2. The van der Waals surface area contributed by atoms with Crippen LogP contribution in [-0.2, 0) is 9.59 Å². The topological polar surface area (TPSA) is 49.4 Å². The van der Waals surface area contributed by atoms with Crippen molar-refractivity contribution in [3.05, 3.63) is 29.8 Å². The van der Waals surface area contributed by atoms with E-state index in [-0.39, 0.29) is 17.7 Å². The Hall–Kier alpha value is -1.68. The number of hydrogen-bond donors (Lipinski definition) is 1. The van der Waals surface area contributed by atoms with Gasteiger partial charge in [-0.15, -0.1) is 0 Å². The molecule has 0 saturated carbocycles. The second-order valence-corrected chi connectivity index (χ2v) is 5.89. The lowest BCUT2D eigenvalue weighted by atomic mass is 9.98. The van der Waals surface area contributed by atoms with E-state index in [1.54, 1.807) is 6.92 Å². The van der Waals surface area contributed by atoms with Gasteiger partial charge in [0.15, 0.2) is 0 Å². The molecule has 21 heavy (non-hydrogen) atoms. The van der Waals surface area contributed by atoms with Gasteiger partial charge < -0.3 is 5.32 Å². The molecule has 2 rings (SSSR count). The maximum atomic E-state index is 12.2. The van der Waals surface area contributed by atoms with Crippen molar-refractivity contribution < 1.29 is 9.59 Å². The number of nitrogens with zero attached hydrogens (tertiary/aromatic N) is 1. The second kappa shape index (κ2) is 7.36. The van der Waals surface area contributed by atoms with Crippen molar-refractivity contribution in [1.29, 1.82) is 0 Å². The van der Waals surface area contributed by atoms with Gasteiger partial charge in [-0.05, 0) is 44.9 Å². The van der Waals surface area contributed by atoms with E-state index in [2.05, 4.69) is 10.2 Å². The van der Waals surface area contributed by atoms with Gasteiger partial charge in [0.25, 0.3) is 0 Å². The zero-order chi connectivity index (χ0) is 15.2. The Labute approximate surface area is 126 Å². The van der Waals surface area contributed by atoms with E-state index in [1.165, 1.54) is 0 Å². The predicted molar refractivity (Wildman–Crippen MR) is 84.3 cm³/mol. The molecular weight excluding hydrogens is 264 g/mol. The van der Waals surface area contributed by atoms with Crippen LogP contribution in [0, 0.1) is 6.92 Å². The minimum absolute atomic E-state index is 0.000230. The molecule has 1 fully saturated rings. The van der Waals surface area contributed by atoms with Gasteiger partial charge in [0.2, 0.25) is 5.91 Å². The lowest BCUT2D eigenvalue weighted by Crippen LogP contribution is -2.44. The molecule has 1 heterocycles. The van der Waals surface area contributed by atoms with Crippen molar-refractivity contribution in [3.8, 4) is 0 Å². The van der Waals surface area contributed by atoms with Crippen LogP contribution in [0.2, 0.25) is 0 Å². The van der Waals surface area contributed by atoms with Crippen LogP contribution in [-0.4, -0.2) is 35.7 Å². The summed E-state index contributed by atoms with van der Waals surface area (Å²) >= 11 is 0. The van der Waals surface area contributed by atoms with Gasteiger partial charge in [0, 0.05) is 18.2 Å². The molecule has 0 aromatic heterocycles. The number of para-hydroxylation sites is 1. The van der Waals surface area contributed by atoms with E-state index < -0.39 is 0 Å². The van der Waals surface area contributed by atoms with E-state index >= 15 is 0 Å². The quantitative estimate of drug-likeness (QED) is 0.906. The van der Waals surface area contributed by atoms with Crippen LogP contribution in [0.3, 0.4) is 0 Å². The van der Waals surface area contributed by atoms with Crippen molar-refractivity contribution in [1.82, 2.24) is 4.90 Å². The number of rotatable bonds is 5. The zero-order valence-electron chi connectivity index (χ0n) is 12.9. The summed E-state index contributed by atoms with van der Waals surface area (Å²) in [6.45, 7) is 4.88. The Morgan fingerprint density at radius 3 is 2.76 bits per heavy atom. The van der Waals surface area contributed by atoms with E-state index in [9.17, 15) is 9.59 Å². The van der Waals surface area contributed by atoms with E-state index in [4.69, 9.17) is 0 Å².